The first-order chi connectivity index (χ1) is 11.6. The molecule has 0 bridgehead atoms. The van der Waals surface area contributed by atoms with Gasteiger partial charge in [0, 0.05) is 6.42 Å². The van der Waals surface area contributed by atoms with Gasteiger partial charge in [0.25, 0.3) is 0 Å². The van der Waals surface area contributed by atoms with Crippen LogP contribution >= 0.6 is 11.8 Å². The lowest BCUT2D eigenvalue weighted by Gasteiger charge is -2.33. The molecule has 0 radical (unpaired) electrons. The molecule has 0 amide bonds. The van der Waals surface area contributed by atoms with E-state index in [0.29, 0.717) is 6.42 Å². The van der Waals surface area contributed by atoms with E-state index in [1.807, 2.05) is 6.92 Å². The molecule has 0 saturated carbocycles. The van der Waals surface area contributed by atoms with Crippen molar-refractivity contribution in [1.29, 1.82) is 0 Å². The number of carbonyl (C=O) groups excluding carboxylic acids is 1. The van der Waals surface area contributed by atoms with E-state index in [2.05, 4.69) is 0 Å². The first kappa shape index (κ1) is 25.2. The predicted molar refractivity (Wildman–Crippen MR) is 77.9 cm³/mol. The summed E-state index contributed by atoms with van der Waals surface area (Å²) in [4.78, 5) is 11.5. The van der Waals surface area contributed by atoms with Crippen LogP contribution in [0.2, 0.25) is 0 Å². The third-order valence-corrected chi connectivity index (χ3v) is 4.50. The smallest absolute Gasteiger partial charge is 0.460 e. The maximum atomic E-state index is 13.3. The van der Waals surface area contributed by atoms with Gasteiger partial charge in [0.15, 0.2) is 0 Å². The Morgan fingerprint density at radius 2 is 1.50 bits per heavy atom. The van der Waals surface area contributed by atoms with Crippen molar-refractivity contribution in [3.8, 4) is 0 Å². The van der Waals surface area contributed by atoms with Crippen LogP contribution in [-0.2, 0) is 9.53 Å². The molecule has 12 heteroatoms. The fourth-order valence-corrected chi connectivity index (χ4v) is 2.49. The van der Waals surface area contributed by atoms with Gasteiger partial charge in [-0.1, -0.05) is 13.3 Å². The van der Waals surface area contributed by atoms with Crippen LogP contribution in [-0.4, -0.2) is 47.5 Å². The second-order valence-corrected chi connectivity index (χ2v) is 6.94. The number of ether oxygens (including phenoxy) is 1. The maximum absolute atomic E-state index is 13.3. The molecule has 0 aromatic carbocycles. The number of hydrogen-bond acceptors (Lipinski definition) is 3. The van der Waals surface area contributed by atoms with E-state index in [0.717, 1.165) is 18.2 Å². The summed E-state index contributed by atoms with van der Waals surface area (Å²) in [5.41, 5.74) is 0. The standard InChI is InChI=1S/C14H19F9O2S/c1-3-4-7-25-10(24)9(2)26-8-5-6-11(15,16)12(17,18)13(19,20)14(21,22)23/h9H,3-8H2,1-2H3. The molecule has 0 aliphatic heterocycles. The number of hydrogen-bond donors (Lipinski definition) is 0. The maximum Gasteiger partial charge on any atom is 0.460 e. The number of halogens is 9. The van der Waals surface area contributed by atoms with Gasteiger partial charge in [-0.05, 0) is 25.5 Å². The molecule has 0 aliphatic carbocycles. The van der Waals surface area contributed by atoms with Gasteiger partial charge in [0.1, 0.15) is 0 Å². The quantitative estimate of drug-likeness (QED) is 0.243. The number of carbonyl (C=O) groups is 1. The van der Waals surface area contributed by atoms with Crippen LogP contribution < -0.4 is 0 Å². The molecule has 0 aromatic heterocycles. The molecule has 0 aromatic rings. The molecule has 2 nitrogen and oxygen atoms in total. The topological polar surface area (TPSA) is 26.3 Å². The number of thioether (sulfide) groups is 1. The lowest BCUT2D eigenvalue weighted by atomic mass is 10.00. The number of esters is 1. The number of rotatable bonds is 11. The highest BCUT2D eigenvalue weighted by Crippen LogP contribution is 2.54. The van der Waals surface area contributed by atoms with Gasteiger partial charge in [-0.3, -0.25) is 4.79 Å². The van der Waals surface area contributed by atoms with E-state index in [9.17, 15) is 44.3 Å². The summed E-state index contributed by atoms with van der Waals surface area (Å²) in [6.07, 6.45) is -8.13. The summed E-state index contributed by atoms with van der Waals surface area (Å²) in [6.45, 7) is 3.37. The van der Waals surface area contributed by atoms with Crippen LogP contribution in [0.15, 0.2) is 0 Å². The summed E-state index contributed by atoms with van der Waals surface area (Å²) < 4.78 is 119. The third-order valence-electron chi connectivity index (χ3n) is 3.29. The van der Waals surface area contributed by atoms with Gasteiger partial charge in [-0.15, -0.1) is 11.8 Å². The Bertz CT molecular complexity index is 452. The van der Waals surface area contributed by atoms with Crippen LogP contribution in [0, 0.1) is 0 Å². The second-order valence-electron chi connectivity index (χ2n) is 5.49. The van der Waals surface area contributed by atoms with Gasteiger partial charge in [-0.25, -0.2) is 0 Å². The Morgan fingerprint density at radius 1 is 0.962 bits per heavy atom. The zero-order valence-corrected chi connectivity index (χ0v) is 14.8. The molecule has 0 N–H and O–H groups in total. The van der Waals surface area contributed by atoms with Gasteiger partial charge in [-0.2, -0.15) is 39.5 Å². The molecule has 0 aliphatic rings. The molecular weight excluding hydrogens is 403 g/mol. The zero-order valence-electron chi connectivity index (χ0n) is 13.9. The van der Waals surface area contributed by atoms with Gasteiger partial charge in [0.05, 0.1) is 11.9 Å². The molecule has 0 fully saturated rings. The van der Waals surface area contributed by atoms with E-state index in [1.54, 1.807) is 0 Å². The van der Waals surface area contributed by atoms with E-state index in [1.165, 1.54) is 6.92 Å². The van der Waals surface area contributed by atoms with Crippen molar-refractivity contribution in [3.63, 3.8) is 0 Å². The normalized spacial score (nSPS) is 15.0. The van der Waals surface area contributed by atoms with Crippen molar-refractivity contribution in [2.24, 2.45) is 0 Å². The average molecular weight is 422 g/mol. The Labute approximate surface area is 148 Å². The monoisotopic (exact) mass is 422 g/mol. The Balaban J connectivity index is 4.59. The molecule has 0 saturated heterocycles. The molecule has 0 heterocycles. The highest BCUT2D eigenvalue weighted by atomic mass is 32.2. The van der Waals surface area contributed by atoms with Crippen LogP contribution in [0.5, 0.6) is 0 Å². The van der Waals surface area contributed by atoms with E-state index < -0.39 is 48.0 Å². The third kappa shape index (κ3) is 6.12. The van der Waals surface area contributed by atoms with Gasteiger partial charge in [0.2, 0.25) is 0 Å². The summed E-state index contributed by atoms with van der Waals surface area (Å²) in [7, 11) is 0. The SMILES string of the molecule is CCCCOC(=O)C(C)SCCCC(F)(F)C(F)(F)C(F)(F)C(F)(F)F. The lowest BCUT2D eigenvalue weighted by Crippen LogP contribution is -2.60. The van der Waals surface area contributed by atoms with E-state index in [4.69, 9.17) is 4.74 Å². The largest absolute Gasteiger partial charge is 0.465 e. The first-order valence-electron chi connectivity index (χ1n) is 7.60. The van der Waals surface area contributed by atoms with Crippen LogP contribution in [0.25, 0.3) is 0 Å². The fraction of sp³-hybridized carbons (Fsp3) is 0.929. The minimum Gasteiger partial charge on any atom is -0.465 e. The average Bonchev–Trinajstić information content (AvgIpc) is 2.49. The molecule has 0 rings (SSSR count). The van der Waals surface area contributed by atoms with Crippen molar-refractivity contribution in [2.45, 2.75) is 68.7 Å². The molecule has 0 spiro atoms. The van der Waals surface area contributed by atoms with E-state index >= 15 is 0 Å². The van der Waals surface area contributed by atoms with Crippen molar-refractivity contribution in [3.05, 3.63) is 0 Å². The van der Waals surface area contributed by atoms with Crippen molar-refractivity contribution in [1.82, 2.24) is 0 Å². The molecular formula is C14H19F9O2S. The van der Waals surface area contributed by atoms with Crippen LogP contribution in [0.1, 0.15) is 39.5 Å². The minimum atomic E-state index is -6.87. The van der Waals surface area contributed by atoms with Crippen molar-refractivity contribution >= 4 is 17.7 Å². The summed E-state index contributed by atoms with van der Waals surface area (Å²) in [6, 6.07) is 0. The number of unbranched alkanes of at least 4 members (excludes halogenated alkanes) is 1. The summed E-state index contributed by atoms with van der Waals surface area (Å²) >= 11 is 0.744. The second kappa shape index (κ2) is 9.41. The summed E-state index contributed by atoms with van der Waals surface area (Å²) in [5.74, 6) is -20.0. The predicted octanol–water partition coefficient (Wildman–Crippen LogP) is 5.70. The summed E-state index contributed by atoms with van der Waals surface area (Å²) in [5, 5.41) is -0.822. The van der Waals surface area contributed by atoms with Crippen LogP contribution in [0.3, 0.4) is 0 Å². The van der Waals surface area contributed by atoms with Gasteiger partial charge < -0.3 is 4.74 Å². The highest BCUT2D eigenvalue weighted by molar-refractivity contribution is 8.00. The van der Waals surface area contributed by atoms with Crippen LogP contribution in [0.4, 0.5) is 39.5 Å². The highest BCUT2D eigenvalue weighted by Gasteiger charge is 2.81. The van der Waals surface area contributed by atoms with Crippen molar-refractivity contribution in [2.75, 3.05) is 12.4 Å². The minimum absolute atomic E-state index is 0.150. The molecule has 156 valence electrons. The van der Waals surface area contributed by atoms with Gasteiger partial charge >= 0.3 is 29.9 Å². The molecule has 1 unspecified atom stereocenters. The Morgan fingerprint density at radius 3 is 1.96 bits per heavy atom. The fourth-order valence-electron chi connectivity index (χ4n) is 1.62. The first-order valence-corrected chi connectivity index (χ1v) is 8.65. The van der Waals surface area contributed by atoms with E-state index in [-0.39, 0.29) is 12.4 Å². The molecule has 1 atom stereocenters. The Hall–Kier alpha value is -0.810. The Kier molecular flexibility index (Phi) is 9.11. The molecule has 26 heavy (non-hydrogen) atoms. The zero-order chi connectivity index (χ0) is 20.8. The number of alkyl halides is 9. The lowest BCUT2D eigenvalue weighted by molar-refractivity contribution is -0.396. The van der Waals surface area contributed by atoms with Crippen molar-refractivity contribution < 1.29 is 49.0 Å².